The zero-order valence-corrected chi connectivity index (χ0v) is 20.3. The van der Waals surface area contributed by atoms with Gasteiger partial charge in [-0.3, -0.25) is 0 Å². The second-order valence-corrected chi connectivity index (χ2v) is 11.4. The van der Waals surface area contributed by atoms with Gasteiger partial charge >= 0.3 is 0 Å². The maximum Gasteiger partial charge on any atom is 0.0639 e. The highest BCUT2D eigenvalue weighted by molar-refractivity contribution is 5.19. The fraction of sp³-hybridized carbons (Fsp3) is 0.778. The van der Waals surface area contributed by atoms with Gasteiger partial charge in [-0.2, -0.15) is 0 Å². The summed E-state index contributed by atoms with van der Waals surface area (Å²) in [6, 6.07) is 0. The van der Waals surface area contributed by atoms with E-state index in [1.807, 2.05) is 13.8 Å². The number of hydrogen-bond donors (Lipinski definition) is 2. The van der Waals surface area contributed by atoms with Crippen LogP contribution in [0.2, 0.25) is 0 Å². The largest absolute Gasteiger partial charge is 0.392 e. The Morgan fingerprint density at radius 2 is 1.48 bits per heavy atom. The number of rotatable bonds is 6. The van der Waals surface area contributed by atoms with Gasteiger partial charge in [-0.15, -0.1) is 0 Å². The third kappa shape index (κ3) is 5.07. The summed E-state index contributed by atoms with van der Waals surface area (Å²) in [6.07, 6.45) is 13.1. The number of fused-ring (bicyclic) bond motifs is 1. The van der Waals surface area contributed by atoms with Crippen molar-refractivity contribution < 1.29 is 10.2 Å². The Hall–Kier alpha value is -0.860. The van der Waals surface area contributed by atoms with E-state index in [4.69, 9.17) is 10.2 Å². The molecule has 0 spiro atoms. The van der Waals surface area contributed by atoms with E-state index >= 15 is 0 Å². The summed E-state index contributed by atoms with van der Waals surface area (Å²) in [5.41, 5.74) is 5.17. The molecule has 2 fully saturated rings. The van der Waals surface area contributed by atoms with Gasteiger partial charge in [0, 0.05) is 0 Å². The average molecular weight is 403 g/mol. The van der Waals surface area contributed by atoms with Gasteiger partial charge in [0.1, 0.15) is 0 Å². The van der Waals surface area contributed by atoms with Crippen LogP contribution in [0, 0.1) is 34.0 Å². The van der Waals surface area contributed by atoms with Crippen LogP contribution in [0.3, 0.4) is 0 Å². The number of allylic oxidation sites excluding steroid dienone is 4. The molecule has 2 N–H and O–H groups in total. The van der Waals surface area contributed by atoms with Crippen molar-refractivity contribution in [3.8, 4) is 0 Å². The second-order valence-electron chi connectivity index (χ2n) is 11.4. The molecule has 0 radical (unpaired) electrons. The van der Waals surface area contributed by atoms with Crippen molar-refractivity contribution >= 4 is 0 Å². The zero-order chi connectivity index (χ0) is 22.0. The molecule has 3 aliphatic carbocycles. The summed E-state index contributed by atoms with van der Waals surface area (Å²) >= 11 is 0. The fourth-order valence-corrected chi connectivity index (χ4v) is 5.49. The molecule has 2 unspecified atom stereocenters. The second kappa shape index (κ2) is 9.10. The Kier molecular flexibility index (Phi) is 7.66. The third-order valence-electron chi connectivity index (χ3n) is 9.22. The van der Waals surface area contributed by atoms with Gasteiger partial charge < -0.3 is 10.2 Å². The Morgan fingerprint density at radius 1 is 0.966 bits per heavy atom. The first kappa shape index (κ1) is 24.4. The molecule has 29 heavy (non-hydrogen) atoms. The average Bonchev–Trinajstić information content (AvgIpc) is 3.21. The summed E-state index contributed by atoms with van der Waals surface area (Å²) in [4.78, 5) is 0. The van der Waals surface area contributed by atoms with E-state index in [1.54, 1.807) is 0 Å². The predicted octanol–water partition coefficient (Wildman–Crippen LogP) is 6.69. The number of hydrogen-bond acceptors (Lipinski definition) is 2. The van der Waals surface area contributed by atoms with E-state index in [2.05, 4.69) is 59.8 Å². The number of aliphatic hydroxyl groups is 2. The van der Waals surface area contributed by atoms with Crippen molar-refractivity contribution in [2.45, 2.75) is 87.5 Å². The lowest BCUT2D eigenvalue weighted by Gasteiger charge is -2.35. The minimum atomic E-state index is 0.194. The van der Waals surface area contributed by atoms with E-state index in [1.165, 1.54) is 24.8 Å². The van der Waals surface area contributed by atoms with Crippen LogP contribution in [0.5, 0.6) is 0 Å². The molecular formula is C27H46O2. The summed E-state index contributed by atoms with van der Waals surface area (Å²) in [7, 11) is 0. The van der Waals surface area contributed by atoms with Gasteiger partial charge in [0.15, 0.2) is 0 Å². The molecule has 2 saturated carbocycles. The van der Waals surface area contributed by atoms with Crippen molar-refractivity contribution in [1.29, 1.82) is 0 Å². The lowest BCUT2D eigenvalue weighted by molar-refractivity contribution is 0.150. The van der Waals surface area contributed by atoms with Gasteiger partial charge in [-0.05, 0) is 86.9 Å². The van der Waals surface area contributed by atoms with Crippen LogP contribution in [0.15, 0.2) is 34.9 Å². The SMILES string of the molecule is C/C(=C\C[C@H]1CC2C[C@]2(C)C1(C)C)CO.CC1=CCC(C/C=C(\C)CO)C1(C)C. The topological polar surface area (TPSA) is 40.5 Å². The van der Waals surface area contributed by atoms with Gasteiger partial charge in [-0.25, -0.2) is 0 Å². The fourth-order valence-electron chi connectivity index (χ4n) is 5.49. The summed E-state index contributed by atoms with van der Waals surface area (Å²) < 4.78 is 0. The normalized spacial score (nSPS) is 35.0. The van der Waals surface area contributed by atoms with Crippen LogP contribution in [0.4, 0.5) is 0 Å². The Balaban J connectivity index is 0.000000208. The maximum atomic E-state index is 8.98. The Labute approximate surface area is 180 Å². The molecule has 2 heteroatoms. The van der Waals surface area contributed by atoms with Crippen LogP contribution in [-0.4, -0.2) is 23.4 Å². The standard InChI is InChI=1S/C14H24O.C13H22O/c1-10(9-15)5-6-11-7-12-8-14(12,4)13(11,2)3;1-10(9-14)5-7-12-8-6-11(2)13(12,3)4/h5,11-12,15H,6-9H2,1-4H3;5-6,12,14H,7-9H2,1-4H3/b2*10-5+/t11-,12?,14-;/m0./s1. The molecule has 0 aromatic heterocycles. The van der Waals surface area contributed by atoms with Crippen LogP contribution < -0.4 is 0 Å². The molecule has 4 atom stereocenters. The Bertz CT molecular complexity index is 664. The van der Waals surface area contributed by atoms with Crippen LogP contribution in [-0.2, 0) is 0 Å². The molecule has 0 aromatic rings. The molecule has 0 bridgehead atoms. The van der Waals surface area contributed by atoms with E-state index in [0.717, 1.165) is 35.8 Å². The van der Waals surface area contributed by atoms with Gasteiger partial charge in [-0.1, -0.05) is 69.6 Å². The van der Waals surface area contributed by atoms with E-state index < -0.39 is 0 Å². The zero-order valence-electron chi connectivity index (χ0n) is 20.3. The summed E-state index contributed by atoms with van der Waals surface area (Å²) in [6.45, 7) is 18.6. The van der Waals surface area contributed by atoms with E-state index in [0.29, 0.717) is 22.2 Å². The monoisotopic (exact) mass is 402 g/mol. The predicted molar refractivity (Wildman–Crippen MR) is 125 cm³/mol. The van der Waals surface area contributed by atoms with Crippen LogP contribution >= 0.6 is 0 Å². The molecule has 0 heterocycles. The molecule has 0 saturated heterocycles. The van der Waals surface area contributed by atoms with Crippen molar-refractivity contribution in [2.24, 2.45) is 34.0 Å². The molecule has 166 valence electrons. The van der Waals surface area contributed by atoms with Gasteiger partial charge in [0.05, 0.1) is 13.2 Å². The third-order valence-corrected chi connectivity index (χ3v) is 9.22. The first-order valence-corrected chi connectivity index (χ1v) is 11.6. The molecule has 0 amide bonds. The van der Waals surface area contributed by atoms with Crippen molar-refractivity contribution in [2.75, 3.05) is 13.2 Å². The molecule has 0 aromatic carbocycles. The minimum Gasteiger partial charge on any atom is -0.392 e. The van der Waals surface area contributed by atoms with Crippen molar-refractivity contribution in [1.82, 2.24) is 0 Å². The first-order valence-electron chi connectivity index (χ1n) is 11.6. The molecule has 3 aliphatic rings. The smallest absolute Gasteiger partial charge is 0.0639 e. The van der Waals surface area contributed by atoms with E-state index in [-0.39, 0.29) is 13.2 Å². The molecule has 3 rings (SSSR count). The summed E-state index contributed by atoms with van der Waals surface area (Å²) in [5, 5.41) is 17.9. The summed E-state index contributed by atoms with van der Waals surface area (Å²) in [5.74, 6) is 2.52. The quantitative estimate of drug-likeness (QED) is 0.486. The lowest BCUT2D eigenvalue weighted by Crippen LogP contribution is -2.27. The van der Waals surface area contributed by atoms with Crippen LogP contribution in [0.25, 0.3) is 0 Å². The highest BCUT2D eigenvalue weighted by atomic mass is 16.3. The highest BCUT2D eigenvalue weighted by Gasteiger charge is 2.66. The van der Waals surface area contributed by atoms with Gasteiger partial charge in [0.2, 0.25) is 0 Å². The first-order chi connectivity index (χ1) is 13.4. The van der Waals surface area contributed by atoms with E-state index in [9.17, 15) is 0 Å². The van der Waals surface area contributed by atoms with Crippen molar-refractivity contribution in [3.05, 3.63) is 34.9 Å². The van der Waals surface area contributed by atoms with Crippen LogP contribution in [0.1, 0.15) is 87.5 Å². The molecular weight excluding hydrogens is 356 g/mol. The minimum absolute atomic E-state index is 0.194. The number of aliphatic hydroxyl groups excluding tert-OH is 2. The van der Waals surface area contributed by atoms with Crippen molar-refractivity contribution in [3.63, 3.8) is 0 Å². The molecule has 0 aliphatic heterocycles. The maximum absolute atomic E-state index is 8.98. The Morgan fingerprint density at radius 3 is 1.86 bits per heavy atom. The molecule has 2 nitrogen and oxygen atoms in total. The lowest BCUT2D eigenvalue weighted by atomic mass is 9.70. The highest BCUT2D eigenvalue weighted by Crippen LogP contribution is 2.74. The van der Waals surface area contributed by atoms with Gasteiger partial charge in [0.25, 0.3) is 0 Å².